The summed E-state index contributed by atoms with van der Waals surface area (Å²) < 4.78 is 19.0. The van der Waals surface area contributed by atoms with Gasteiger partial charge in [-0.05, 0) is 55.0 Å². The standard InChI is InChI=1S/C26H28FN3O2/c1-32-26(31)24-14-20-19-4-2-3-5-21(19)29-25(20)23-13-18(28-17-10-11-17)12-22(30(23)24)15-6-8-16(27)9-7-15/h2-9,17-18,22-24,28-29H,10-14H2,1H3/t18-,22-,23+,24-/m0/s1. The fourth-order valence-corrected chi connectivity index (χ4v) is 5.87. The van der Waals surface area contributed by atoms with Crippen molar-refractivity contribution in [2.45, 2.75) is 62.3 Å². The van der Waals surface area contributed by atoms with Crippen molar-refractivity contribution in [2.24, 2.45) is 0 Å². The minimum Gasteiger partial charge on any atom is -0.468 e. The average Bonchev–Trinajstić information content (AvgIpc) is 3.55. The Kier molecular flexibility index (Phi) is 4.81. The minimum atomic E-state index is -0.367. The number of ether oxygens (including phenoxy) is 1. The van der Waals surface area contributed by atoms with Gasteiger partial charge >= 0.3 is 5.97 Å². The predicted octanol–water partition coefficient (Wildman–Crippen LogP) is 4.40. The SMILES string of the molecule is COC(=O)[C@@H]1Cc2c([nH]c3ccccc23)[C@H]2C[C@@H](NC3CC3)C[C@@H](c3ccc(F)cc3)N21. The first kappa shape index (κ1) is 19.9. The Morgan fingerprint density at radius 3 is 2.56 bits per heavy atom. The molecule has 32 heavy (non-hydrogen) atoms. The largest absolute Gasteiger partial charge is 0.468 e. The van der Waals surface area contributed by atoms with E-state index in [4.69, 9.17) is 4.74 Å². The third-order valence-corrected chi connectivity index (χ3v) is 7.45. The van der Waals surface area contributed by atoms with Gasteiger partial charge in [-0.2, -0.15) is 0 Å². The molecule has 1 aliphatic carbocycles. The number of benzene rings is 2. The normalized spacial score (nSPS) is 27.7. The van der Waals surface area contributed by atoms with Gasteiger partial charge in [-0.1, -0.05) is 30.3 Å². The number of piperidine rings is 1. The van der Waals surface area contributed by atoms with Crippen LogP contribution in [0, 0.1) is 5.82 Å². The Labute approximate surface area is 186 Å². The molecule has 2 N–H and O–H groups in total. The van der Waals surface area contributed by atoms with Crippen molar-refractivity contribution in [2.75, 3.05) is 7.11 Å². The number of carbonyl (C=O) groups excluding carboxylic acids is 1. The molecule has 6 heteroatoms. The van der Waals surface area contributed by atoms with Crippen LogP contribution in [0.4, 0.5) is 4.39 Å². The lowest BCUT2D eigenvalue weighted by Crippen LogP contribution is -2.55. The molecule has 166 valence electrons. The predicted molar refractivity (Wildman–Crippen MR) is 121 cm³/mol. The molecule has 3 aliphatic rings. The maximum atomic E-state index is 13.7. The van der Waals surface area contributed by atoms with Crippen LogP contribution in [0.3, 0.4) is 0 Å². The van der Waals surface area contributed by atoms with Crippen LogP contribution in [0.25, 0.3) is 10.9 Å². The highest BCUT2D eigenvalue weighted by atomic mass is 19.1. The summed E-state index contributed by atoms with van der Waals surface area (Å²) in [7, 11) is 1.47. The van der Waals surface area contributed by atoms with E-state index in [9.17, 15) is 9.18 Å². The number of rotatable bonds is 4. The number of halogens is 1. The number of fused-ring (bicyclic) bond motifs is 5. The van der Waals surface area contributed by atoms with Crippen LogP contribution in [0.15, 0.2) is 48.5 Å². The maximum absolute atomic E-state index is 13.7. The molecule has 3 heterocycles. The van der Waals surface area contributed by atoms with E-state index in [1.165, 1.54) is 48.7 Å². The first-order valence-corrected chi connectivity index (χ1v) is 11.6. The number of nitrogens with one attached hydrogen (secondary N) is 2. The van der Waals surface area contributed by atoms with Gasteiger partial charge in [0.2, 0.25) is 0 Å². The smallest absolute Gasteiger partial charge is 0.323 e. The summed E-state index contributed by atoms with van der Waals surface area (Å²) >= 11 is 0. The quantitative estimate of drug-likeness (QED) is 0.599. The number of nitrogens with zero attached hydrogens (tertiary/aromatic N) is 1. The van der Waals surface area contributed by atoms with E-state index in [1.54, 1.807) is 0 Å². The van der Waals surface area contributed by atoms with Crippen molar-refractivity contribution in [1.82, 2.24) is 15.2 Å². The number of aromatic amines is 1. The maximum Gasteiger partial charge on any atom is 0.323 e. The number of carbonyl (C=O) groups is 1. The van der Waals surface area contributed by atoms with Gasteiger partial charge < -0.3 is 15.0 Å². The molecule has 2 aliphatic heterocycles. The Morgan fingerprint density at radius 2 is 1.81 bits per heavy atom. The summed E-state index contributed by atoms with van der Waals surface area (Å²) in [4.78, 5) is 19.1. The highest BCUT2D eigenvalue weighted by molar-refractivity contribution is 5.87. The van der Waals surface area contributed by atoms with E-state index < -0.39 is 0 Å². The van der Waals surface area contributed by atoms with Crippen molar-refractivity contribution >= 4 is 16.9 Å². The number of methoxy groups -OCH3 is 1. The first-order chi connectivity index (χ1) is 15.6. The molecule has 4 atom stereocenters. The summed E-state index contributed by atoms with van der Waals surface area (Å²) in [6.07, 6.45) is 4.90. The van der Waals surface area contributed by atoms with Gasteiger partial charge in [0.05, 0.1) is 13.2 Å². The molecular weight excluding hydrogens is 405 g/mol. The van der Waals surface area contributed by atoms with Gasteiger partial charge in [0.15, 0.2) is 0 Å². The summed E-state index contributed by atoms with van der Waals surface area (Å²) in [5, 5.41) is 5.02. The fraction of sp³-hybridized carbons (Fsp3) is 0.423. The van der Waals surface area contributed by atoms with E-state index in [2.05, 4.69) is 33.4 Å². The van der Waals surface area contributed by atoms with Crippen molar-refractivity contribution in [1.29, 1.82) is 0 Å². The van der Waals surface area contributed by atoms with E-state index in [0.717, 1.165) is 23.9 Å². The fourth-order valence-electron chi connectivity index (χ4n) is 5.87. The molecule has 1 aromatic heterocycles. The van der Waals surface area contributed by atoms with Crippen LogP contribution in [0.2, 0.25) is 0 Å². The van der Waals surface area contributed by atoms with Gasteiger partial charge in [-0.25, -0.2) is 4.39 Å². The molecule has 1 saturated carbocycles. The van der Waals surface area contributed by atoms with Gasteiger partial charge in [-0.15, -0.1) is 0 Å². The van der Waals surface area contributed by atoms with Gasteiger partial charge in [0.1, 0.15) is 11.9 Å². The second kappa shape index (κ2) is 7.71. The van der Waals surface area contributed by atoms with Gasteiger partial charge in [0, 0.05) is 41.1 Å². The molecule has 3 aromatic rings. The van der Waals surface area contributed by atoms with Crippen LogP contribution in [0.5, 0.6) is 0 Å². The Bertz CT molecular complexity index is 1150. The van der Waals surface area contributed by atoms with Crippen molar-refractivity contribution in [3.05, 3.63) is 71.2 Å². The number of hydrogen-bond donors (Lipinski definition) is 2. The molecule has 0 spiro atoms. The second-order valence-electron chi connectivity index (χ2n) is 9.45. The van der Waals surface area contributed by atoms with Gasteiger partial charge in [-0.3, -0.25) is 9.69 Å². The lowest BCUT2D eigenvalue weighted by molar-refractivity contribution is -0.152. The van der Waals surface area contributed by atoms with Crippen LogP contribution in [-0.4, -0.2) is 41.1 Å². The highest BCUT2D eigenvalue weighted by Gasteiger charge is 2.48. The van der Waals surface area contributed by atoms with Crippen LogP contribution < -0.4 is 5.32 Å². The number of H-pyrrole nitrogens is 1. The van der Waals surface area contributed by atoms with Crippen LogP contribution >= 0.6 is 0 Å². The molecule has 0 bridgehead atoms. The molecule has 1 saturated heterocycles. The number of hydrogen-bond acceptors (Lipinski definition) is 4. The average molecular weight is 434 g/mol. The molecular formula is C26H28FN3O2. The molecule has 0 radical (unpaired) electrons. The van der Waals surface area contributed by atoms with Crippen LogP contribution in [0.1, 0.15) is 54.6 Å². The minimum absolute atomic E-state index is 0.00858. The summed E-state index contributed by atoms with van der Waals surface area (Å²) in [6.45, 7) is 0. The molecule has 2 aromatic carbocycles. The molecule has 0 amide bonds. The third kappa shape index (κ3) is 3.33. The Morgan fingerprint density at radius 1 is 1.06 bits per heavy atom. The summed E-state index contributed by atoms with van der Waals surface area (Å²) in [5.41, 5.74) is 4.59. The van der Waals surface area contributed by atoms with Crippen molar-refractivity contribution in [3.63, 3.8) is 0 Å². The first-order valence-electron chi connectivity index (χ1n) is 11.6. The molecule has 2 fully saturated rings. The lowest BCUT2D eigenvalue weighted by Gasteiger charge is -2.50. The van der Waals surface area contributed by atoms with E-state index in [-0.39, 0.29) is 29.9 Å². The zero-order valence-corrected chi connectivity index (χ0v) is 18.2. The molecule has 5 nitrogen and oxygen atoms in total. The topological polar surface area (TPSA) is 57.4 Å². The lowest BCUT2D eigenvalue weighted by atomic mass is 9.79. The third-order valence-electron chi connectivity index (χ3n) is 7.45. The summed E-state index contributed by atoms with van der Waals surface area (Å²) in [5.74, 6) is -0.443. The Hall–Kier alpha value is -2.70. The van der Waals surface area contributed by atoms with Crippen molar-refractivity contribution in [3.8, 4) is 0 Å². The molecule has 6 rings (SSSR count). The summed E-state index contributed by atoms with van der Waals surface area (Å²) in [6, 6.07) is 15.8. The highest BCUT2D eigenvalue weighted by Crippen LogP contribution is 2.49. The zero-order valence-electron chi connectivity index (χ0n) is 18.2. The van der Waals surface area contributed by atoms with Crippen LogP contribution in [-0.2, 0) is 16.0 Å². The number of aromatic nitrogens is 1. The zero-order chi connectivity index (χ0) is 21.8. The van der Waals surface area contributed by atoms with E-state index >= 15 is 0 Å². The second-order valence-corrected chi connectivity index (χ2v) is 9.45. The van der Waals surface area contributed by atoms with Gasteiger partial charge in [0.25, 0.3) is 0 Å². The van der Waals surface area contributed by atoms with E-state index in [0.29, 0.717) is 18.5 Å². The number of esters is 1. The van der Waals surface area contributed by atoms with E-state index in [1.807, 2.05) is 18.2 Å². The number of para-hydroxylation sites is 1. The Balaban J connectivity index is 1.48. The van der Waals surface area contributed by atoms with Crippen molar-refractivity contribution < 1.29 is 13.9 Å². The monoisotopic (exact) mass is 433 g/mol. The molecule has 0 unspecified atom stereocenters.